The third-order valence-corrected chi connectivity index (χ3v) is 4.94. The van der Waals surface area contributed by atoms with Crippen LogP contribution in [0.15, 0.2) is 24.3 Å². The Hall–Kier alpha value is -1.74. The Morgan fingerprint density at radius 1 is 1.20 bits per heavy atom. The summed E-state index contributed by atoms with van der Waals surface area (Å²) >= 11 is 4.48. The Morgan fingerprint density at radius 2 is 1.68 bits per heavy atom. The van der Waals surface area contributed by atoms with E-state index in [1.54, 1.807) is 0 Å². The van der Waals surface area contributed by atoms with E-state index in [1.807, 2.05) is 24.3 Å². The van der Waals surface area contributed by atoms with Crippen molar-refractivity contribution in [1.82, 2.24) is 0 Å². The van der Waals surface area contributed by atoms with Crippen LogP contribution in [-0.2, 0) is 22.6 Å². The van der Waals surface area contributed by atoms with Gasteiger partial charge in [0.25, 0.3) is 0 Å². The van der Waals surface area contributed by atoms with Crippen LogP contribution in [0, 0.1) is 5.41 Å². The van der Waals surface area contributed by atoms with E-state index in [2.05, 4.69) is 12.6 Å². The first kappa shape index (κ1) is 21.3. The number of carbonyl (C=O) groups is 2. The van der Waals surface area contributed by atoms with Gasteiger partial charge >= 0.3 is 18.1 Å². The number of aliphatic carboxylic acids is 2. The number of thiol groups is 1. The molecule has 1 fully saturated rings. The number of nitrogens with two attached hydrogens (primary N) is 1. The molecule has 0 saturated heterocycles. The maximum atomic E-state index is 11.6. The van der Waals surface area contributed by atoms with Crippen molar-refractivity contribution in [2.75, 3.05) is 0 Å². The highest BCUT2D eigenvalue weighted by Gasteiger charge is 2.47. The molecule has 1 aliphatic rings. The van der Waals surface area contributed by atoms with Crippen LogP contribution >= 0.6 is 12.6 Å². The Bertz CT molecular complexity index is 606. The average molecular weight is 379 g/mol. The molecular formula is C16H20F3NO4S. The molecule has 9 heteroatoms. The lowest BCUT2D eigenvalue weighted by atomic mass is 9.79. The zero-order valence-corrected chi connectivity index (χ0v) is 14.2. The number of halogens is 3. The zero-order chi connectivity index (χ0) is 19.3. The molecule has 0 heterocycles. The van der Waals surface area contributed by atoms with Gasteiger partial charge in [-0.1, -0.05) is 30.7 Å². The maximum Gasteiger partial charge on any atom is 0.490 e. The molecule has 2 rings (SSSR count). The van der Waals surface area contributed by atoms with Gasteiger partial charge in [-0.25, -0.2) is 4.79 Å². The van der Waals surface area contributed by atoms with Crippen LogP contribution < -0.4 is 5.73 Å². The Labute approximate surface area is 148 Å². The van der Waals surface area contributed by atoms with Gasteiger partial charge in [0.2, 0.25) is 0 Å². The Kier molecular flexibility index (Phi) is 7.30. The quantitative estimate of drug-likeness (QED) is 0.603. The molecule has 2 unspecified atom stereocenters. The molecule has 5 nitrogen and oxygen atoms in total. The van der Waals surface area contributed by atoms with Crippen LogP contribution in [-0.4, -0.2) is 33.6 Å². The van der Waals surface area contributed by atoms with Gasteiger partial charge in [-0.2, -0.15) is 25.8 Å². The number of alkyl halides is 3. The summed E-state index contributed by atoms with van der Waals surface area (Å²) in [5.41, 5.74) is 6.97. The van der Waals surface area contributed by atoms with Crippen LogP contribution in [0.2, 0.25) is 0 Å². The van der Waals surface area contributed by atoms with E-state index >= 15 is 0 Å². The molecule has 0 aliphatic heterocycles. The van der Waals surface area contributed by atoms with Crippen LogP contribution in [0.4, 0.5) is 13.2 Å². The second kappa shape index (κ2) is 8.57. The Balaban J connectivity index is 0.000000381. The minimum Gasteiger partial charge on any atom is -0.481 e. The number of rotatable bonds is 4. The minimum absolute atomic E-state index is 0.0517. The SMILES string of the molecule is NCc1ccc(CC2(C(=O)O)CCCC2S)cc1.O=C(O)C(F)(F)F. The summed E-state index contributed by atoms with van der Waals surface area (Å²) in [7, 11) is 0. The molecule has 25 heavy (non-hydrogen) atoms. The smallest absolute Gasteiger partial charge is 0.481 e. The monoisotopic (exact) mass is 379 g/mol. The van der Waals surface area contributed by atoms with Gasteiger partial charge in [-0.05, 0) is 30.4 Å². The van der Waals surface area contributed by atoms with Gasteiger partial charge in [0.15, 0.2) is 0 Å². The molecule has 0 spiro atoms. The fourth-order valence-electron chi connectivity index (χ4n) is 2.74. The number of carboxylic acid groups (broad SMARTS) is 2. The summed E-state index contributed by atoms with van der Waals surface area (Å²) in [4.78, 5) is 20.5. The number of hydrogen-bond donors (Lipinski definition) is 4. The van der Waals surface area contributed by atoms with E-state index in [0.717, 1.165) is 30.4 Å². The lowest BCUT2D eigenvalue weighted by molar-refractivity contribution is -0.192. The van der Waals surface area contributed by atoms with E-state index in [0.29, 0.717) is 13.0 Å². The topological polar surface area (TPSA) is 101 Å². The number of hydrogen-bond acceptors (Lipinski definition) is 4. The fourth-order valence-corrected chi connectivity index (χ4v) is 3.26. The molecule has 0 aromatic heterocycles. The second-order valence-corrected chi connectivity index (χ2v) is 6.49. The van der Waals surface area contributed by atoms with Crippen LogP contribution in [0.5, 0.6) is 0 Å². The van der Waals surface area contributed by atoms with Gasteiger partial charge in [0, 0.05) is 11.8 Å². The van der Waals surface area contributed by atoms with Crippen molar-refractivity contribution in [3.05, 3.63) is 35.4 Å². The number of carboxylic acids is 2. The van der Waals surface area contributed by atoms with E-state index < -0.39 is 23.5 Å². The van der Waals surface area contributed by atoms with Crippen molar-refractivity contribution in [1.29, 1.82) is 0 Å². The summed E-state index contributed by atoms with van der Waals surface area (Å²) in [5, 5.41) is 16.6. The molecule has 0 amide bonds. The van der Waals surface area contributed by atoms with Crippen molar-refractivity contribution in [3.63, 3.8) is 0 Å². The Morgan fingerprint density at radius 3 is 2.00 bits per heavy atom. The predicted octanol–water partition coefficient (Wildman–Crippen LogP) is 2.87. The summed E-state index contributed by atoms with van der Waals surface area (Å²) < 4.78 is 31.7. The first-order chi connectivity index (χ1) is 11.5. The highest BCUT2D eigenvalue weighted by atomic mass is 32.1. The fraction of sp³-hybridized carbons (Fsp3) is 0.500. The molecule has 0 bridgehead atoms. The molecule has 1 aromatic rings. The van der Waals surface area contributed by atoms with Crippen LogP contribution in [0.1, 0.15) is 30.4 Å². The van der Waals surface area contributed by atoms with Gasteiger partial charge in [0.1, 0.15) is 0 Å². The molecule has 140 valence electrons. The standard InChI is InChI=1S/C14H19NO2S.C2HF3O2/c15-9-11-5-3-10(4-6-11)8-14(13(16)17)7-1-2-12(14)18;3-2(4,5)1(6)7/h3-6,12,18H,1-2,7-9,15H2,(H,16,17);(H,6,7). The van der Waals surface area contributed by atoms with Crippen molar-refractivity contribution in [2.45, 2.75) is 43.7 Å². The lowest BCUT2D eigenvalue weighted by Gasteiger charge is -2.28. The summed E-state index contributed by atoms with van der Waals surface area (Å²) in [6, 6.07) is 7.89. The normalized spacial score (nSPS) is 22.8. The molecule has 1 aromatic carbocycles. The third kappa shape index (κ3) is 5.64. The molecule has 2 atom stereocenters. The highest BCUT2D eigenvalue weighted by Crippen LogP contribution is 2.44. The summed E-state index contributed by atoms with van der Waals surface area (Å²) in [6.07, 6.45) is -1.98. The van der Waals surface area contributed by atoms with Gasteiger partial charge in [-0.3, -0.25) is 4.79 Å². The largest absolute Gasteiger partial charge is 0.490 e. The third-order valence-electron chi connectivity index (χ3n) is 4.18. The first-order valence-electron chi connectivity index (χ1n) is 7.52. The van der Waals surface area contributed by atoms with Gasteiger partial charge in [0.05, 0.1) is 5.41 Å². The van der Waals surface area contributed by atoms with Gasteiger partial charge in [-0.15, -0.1) is 0 Å². The van der Waals surface area contributed by atoms with Gasteiger partial charge < -0.3 is 15.9 Å². The van der Waals surface area contributed by atoms with Crippen molar-refractivity contribution in [2.24, 2.45) is 11.1 Å². The maximum absolute atomic E-state index is 11.6. The molecule has 1 aliphatic carbocycles. The lowest BCUT2D eigenvalue weighted by Crippen LogP contribution is -2.37. The van der Waals surface area contributed by atoms with Crippen LogP contribution in [0.3, 0.4) is 0 Å². The molecule has 1 saturated carbocycles. The summed E-state index contributed by atoms with van der Waals surface area (Å²) in [6.45, 7) is 0.513. The zero-order valence-electron chi connectivity index (χ0n) is 13.3. The van der Waals surface area contributed by atoms with E-state index in [9.17, 15) is 23.1 Å². The van der Waals surface area contributed by atoms with E-state index in [1.165, 1.54) is 0 Å². The summed E-state index contributed by atoms with van der Waals surface area (Å²) in [5.74, 6) is -3.48. The van der Waals surface area contributed by atoms with Crippen molar-refractivity contribution < 1.29 is 33.0 Å². The second-order valence-electron chi connectivity index (χ2n) is 5.87. The molecule has 0 radical (unpaired) electrons. The number of benzene rings is 1. The average Bonchev–Trinajstić information content (AvgIpc) is 2.90. The van der Waals surface area contributed by atoms with Crippen LogP contribution in [0.25, 0.3) is 0 Å². The predicted molar refractivity (Wildman–Crippen MR) is 88.4 cm³/mol. The molecular weight excluding hydrogens is 359 g/mol. The van der Waals surface area contributed by atoms with Crippen molar-refractivity contribution in [3.8, 4) is 0 Å². The molecule has 4 N–H and O–H groups in total. The first-order valence-corrected chi connectivity index (χ1v) is 8.04. The van der Waals surface area contributed by atoms with Crippen molar-refractivity contribution >= 4 is 24.6 Å². The van der Waals surface area contributed by atoms with E-state index in [4.69, 9.17) is 15.6 Å². The van der Waals surface area contributed by atoms with E-state index in [-0.39, 0.29) is 5.25 Å². The minimum atomic E-state index is -5.08. The highest BCUT2D eigenvalue weighted by molar-refractivity contribution is 7.81.